The van der Waals surface area contributed by atoms with Crippen LogP contribution < -0.4 is 5.73 Å². The summed E-state index contributed by atoms with van der Waals surface area (Å²) in [4.78, 5) is 2.26. The number of nitrogens with zero attached hydrogens (tertiary/aromatic N) is 1. The first-order chi connectivity index (χ1) is 8.28. The van der Waals surface area contributed by atoms with Crippen molar-refractivity contribution >= 4 is 9.84 Å². The molecule has 1 saturated carbocycles. The SMILES string of the molecule is CN(C)C1(C(N)CCCS(C)(=O)=O)CCCCC1. The van der Waals surface area contributed by atoms with E-state index in [9.17, 15) is 8.42 Å². The zero-order valence-corrected chi connectivity index (χ0v) is 12.8. The first-order valence-electron chi connectivity index (χ1n) is 6.89. The van der Waals surface area contributed by atoms with Gasteiger partial charge in [-0.25, -0.2) is 8.42 Å². The molecule has 0 aromatic carbocycles. The highest BCUT2D eigenvalue weighted by Gasteiger charge is 2.39. The molecular weight excluding hydrogens is 248 g/mol. The van der Waals surface area contributed by atoms with Crippen molar-refractivity contribution in [1.82, 2.24) is 4.90 Å². The van der Waals surface area contributed by atoms with Gasteiger partial charge in [0.15, 0.2) is 0 Å². The Morgan fingerprint density at radius 3 is 2.22 bits per heavy atom. The molecule has 0 saturated heterocycles. The molecule has 0 bridgehead atoms. The van der Waals surface area contributed by atoms with Gasteiger partial charge in [-0.2, -0.15) is 0 Å². The number of rotatable bonds is 6. The summed E-state index contributed by atoms with van der Waals surface area (Å²) in [6.07, 6.45) is 8.81. The van der Waals surface area contributed by atoms with Crippen LogP contribution in [0.2, 0.25) is 0 Å². The van der Waals surface area contributed by atoms with E-state index >= 15 is 0 Å². The molecule has 0 spiro atoms. The van der Waals surface area contributed by atoms with Crippen molar-refractivity contribution in [1.29, 1.82) is 0 Å². The molecule has 1 fully saturated rings. The average Bonchev–Trinajstić information content (AvgIpc) is 2.27. The Bertz CT molecular complexity index is 346. The van der Waals surface area contributed by atoms with Gasteiger partial charge in [0.25, 0.3) is 0 Å². The van der Waals surface area contributed by atoms with Crippen molar-refractivity contribution in [3.05, 3.63) is 0 Å². The number of nitrogens with two attached hydrogens (primary N) is 1. The van der Waals surface area contributed by atoms with Crippen LogP contribution in [0.3, 0.4) is 0 Å². The number of likely N-dealkylation sites (N-methyl/N-ethyl adjacent to an activating group) is 1. The highest BCUT2D eigenvalue weighted by Crippen LogP contribution is 2.35. The maximum Gasteiger partial charge on any atom is 0.147 e. The molecule has 0 heterocycles. The molecule has 1 aliphatic rings. The van der Waals surface area contributed by atoms with E-state index in [1.165, 1.54) is 25.5 Å². The van der Waals surface area contributed by atoms with Crippen LogP contribution in [0.15, 0.2) is 0 Å². The molecule has 108 valence electrons. The first kappa shape index (κ1) is 15.9. The smallest absolute Gasteiger partial charge is 0.147 e. The predicted octanol–water partition coefficient (Wildman–Crippen LogP) is 1.40. The maximum atomic E-state index is 11.2. The van der Waals surface area contributed by atoms with Gasteiger partial charge in [0.2, 0.25) is 0 Å². The van der Waals surface area contributed by atoms with Crippen molar-refractivity contribution in [3.63, 3.8) is 0 Å². The minimum Gasteiger partial charge on any atom is -0.326 e. The van der Waals surface area contributed by atoms with Crippen LogP contribution in [0, 0.1) is 0 Å². The second-order valence-corrected chi connectivity index (χ2v) is 8.20. The van der Waals surface area contributed by atoms with Crippen LogP contribution in [-0.2, 0) is 9.84 Å². The standard InChI is InChI=1S/C13H28N2O2S/c1-15(2)13(9-5-4-6-10-13)12(14)8-7-11-18(3,16)17/h12H,4-11,14H2,1-3H3. The third kappa shape index (κ3) is 4.21. The Hall–Kier alpha value is -0.130. The van der Waals surface area contributed by atoms with Crippen LogP contribution >= 0.6 is 0 Å². The van der Waals surface area contributed by atoms with E-state index in [4.69, 9.17) is 5.73 Å². The molecule has 0 aliphatic heterocycles. The summed E-state index contributed by atoms with van der Waals surface area (Å²) in [5.74, 6) is 0.254. The highest BCUT2D eigenvalue weighted by atomic mass is 32.2. The van der Waals surface area contributed by atoms with E-state index in [-0.39, 0.29) is 17.3 Å². The van der Waals surface area contributed by atoms with E-state index < -0.39 is 9.84 Å². The quantitative estimate of drug-likeness (QED) is 0.796. The average molecular weight is 276 g/mol. The topological polar surface area (TPSA) is 63.4 Å². The van der Waals surface area contributed by atoms with E-state index in [0.717, 1.165) is 19.3 Å². The summed E-state index contributed by atoms with van der Waals surface area (Å²) in [6.45, 7) is 0. The van der Waals surface area contributed by atoms with Crippen molar-refractivity contribution in [2.24, 2.45) is 5.73 Å². The van der Waals surface area contributed by atoms with Crippen LogP contribution in [-0.4, -0.2) is 51.0 Å². The third-order valence-electron chi connectivity index (χ3n) is 4.33. The van der Waals surface area contributed by atoms with Gasteiger partial charge in [-0.05, 0) is 39.8 Å². The Morgan fingerprint density at radius 1 is 1.22 bits per heavy atom. The molecular formula is C13H28N2O2S. The van der Waals surface area contributed by atoms with Gasteiger partial charge in [0, 0.05) is 23.6 Å². The lowest BCUT2D eigenvalue weighted by molar-refractivity contribution is 0.0683. The zero-order valence-electron chi connectivity index (χ0n) is 12.0. The van der Waals surface area contributed by atoms with Gasteiger partial charge >= 0.3 is 0 Å². The third-order valence-corrected chi connectivity index (χ3v) is 5.36. The van der Waals surface area contributed by atoms with Gasteiger partial charge in [-0.15, -0.1) is 0 Å². The maximum absolute atomic E-state index is 11.2. The van der Waals surface area contributed by atoms with Crippen molar-refractivity contribution < 1.29 is 8.42 Å². The summed E-state index contributed by atoms with van der Waals surface area (Å²) < 4.78 is 22.3. The molecule has 5 heteroatoms. The Balaban J connectivity index is 2.57. The number of sulfone groups is 1. The largest absolute Gasteiger partial charge is 0.326 e. The zero-order chi connectivity index (χ0) is 13.8. The monoisotopic (exact) mass is 276 g/mol. The molecule has 0 radical (unpaired) electrons. The lowest BCUT2D eigenvalue weighted by Gasteiger charge is -2.47. The van der Waals surface area contributed by atoms with E-state index in [0.29, 0.717) is 6.42 Å². The minimum atomic E-state index is -2.86. The van der Waals surface area contributed by atoms with Crippen LogP contribution in [0.25, 0.3) is 0 Å². The summed E-state index contributed by atoms with van der Waals surface area (Å²) >= 11 is 0. The van der Waals surface area contributed by atoms with E-state index in [1.54, 1.807) is 0 Å². The Labute approximate surface area is 112 Å². The molecule has 1 rings (SSSR count). The normalized spacial score (nSPS) is 22.1. The summed E-state index contributed by atoms with van der Waals surface area (Å²) in [5, 5.41) is 0. The second kappa shape index (κ2) is 6.35. The van der Waals surface area contributed by atoms with Crippen LogP contribution in [0.5, 0.6) is 0 Å². The summed E-state index contributed by atoms with van der Waals surface area (Å²) in [5.41, 5.74) is 6.46. The molecule has 0 amide bonds. The van der Waals surface area contributed by atoms with Gasteiger partial charge in [-0.1, -0.05) is 19.3 Å². The molecule has 4 nitrogen and oxygen atoms in total. The van der Waals surface area contributed by atoms with Crippen LogP contribution in [0.1, 0.15) is 44.9 Å². The van der Waals surface area contributed by atoms with Gasteiger partial charge in [-0.3, -0.25) is 0 Å². The second-order valence-electron chi connectivity index (χ2n) is 5.94. The molecule has 18 heavy (non-hydrogen) atoms. The fourth-order valence-electron chi connectivity index (χ4n) is 3.15. The number of hydrogen-bond acceptors (Lipinski definition) is 4. The predicted molar refractivity (Wildman–Crippen MR) is 76.4 cm³/mol. The first-order valence-corrected chi connectivity index (χ1v) is 8.95. The lowest BCUT2D eigenvalue weighted by atomic mass is 9.74. The van der Waals surface area contributed by atoms with Crippen molar-refractivity contribution in [2.75, 3.05) is 26.1 Å². The molecule has 1 unspecified atom stereocenters. The van der Waals surface area contributed by atoms with E-state index in [2.05, 4.69) is 19.0 Å². The van der Waals surface area contributed by atoms with E-state index in [1.807, 2.05) is 0 Å². The van der Waals surface area contributed by atoms with Gasteiger partial charge < -0.3 is 10.6 Å². The Kier molecular flexibility index (Phi) is 5.62. The van der Waals surface area contributed by atoms with Gasteiger partial charge in [0.1, 0.15) is 9.84 Å². The van der Waals surface area contributed by atoms with Crippen LogP contribution in [0.4, 0.5) is 0 Å². The molecule has 0 aromatic rings. The molecule has 2 N–H and O–H groups in total. The molecule has 1 aliphatic carbocycles. The minimum absolute atomic E-state index is 0.0783. The Morgan fingerprint density at radius 2 is 1.78 bits per heavy atom. The fourth-order valence-corrected chi connectivity index (χ4v) is 3.84. The molecule has 0 aromatic heterocycles. The van der Waals surface area contributed by atoms with Gasteiger partial charge in [0.05, 0.1) is 0 Å². The summed E-state index contributed by atoms with van der Waals surface area (Å²) in [7, 11) is 1.34. The number of hydrogen-bond donors (Lipinski definition) is 1. The lowest BCUT2D eigenvalue weighted by Crippen LogP contribution is -2.58. The highest BCUT2D eigenvalue weighted by molar-refractivity contribution is 7.90. The molecule has 1 atom stereocenters. The fraction of sp³-hybridized carbons (Fsp3) is 1.00. The van der Waals surface area contributed by atoms with Crippen molar-refractivity contribution in [3.8, 4) is 0 Å². The van der Waals surface area contributed by atoms with Crippen molar-refractivity contribution in [2.45, 2.75) is 56.5 Å². The summed E-state index contributed by atoms with van der Waals surface area (Å²) in [6, 6.07) is 0.0783.